The molecule has 5 aliphatic rings. The van der Waals surface area contributed by atoms with Gasteiger partial charge >= 0.3 is 17.9 Å². The number of hydrogen-bond acceptors (Lipinski definition) is 3. The molecule has 0 aromatic carbocycles. The monoisotopic (exact) mass is 264 g/mol. The van der Waals surface area contributed by atoms with E-state index >= 15 is 0 Å². The molecule has 0 saturated heterocycles. The second kappa shape index (κ2) is 2.30. The summed E-state index contributed by atoms with van der Waals surface area (Å²) >= 11 is 0. The Hall–Kier alpha value is -1.85. The molecule has 2 bridgehead atoms. The maximum atomic E-state index is 11.7. The van der Waals surface area contributed by atoms with Gasteiger partial charge in [0.2, 0.25) is 0 Å². The molecule has 5 fully saturated rings. The summed E-state index contributed by atoms with van der Waals surface area (Å²) in [5, 5.41) is 28.4. The van der Waals surface area contributed by atoms with Crippen LogP contribution in [-0.4, -0.2) is 33.2 Å². The maximum Gasteiger partial charge on any atom is 0.312 e. The molecule has 100 valence electrons. The fraction of sp³-hybridized carbons (Fsp3) is 0.615. The minimum atomic E-state index is -1.60. The van der Waals surface area contributed by atoms with Crippen molar-refractivity contribution in [2.45, 2.75) is 13.8 Å². The Labute approximate surface area is 107 Å². The minimum Gasteiger partial charge on any atom is -0.481 e. The van der Waals surface area contributed by atoms with Crippen molar-refractivity contribution in [2.75, 3.05) is 0 Å². The van der Waals surface area contributed by atoms with Crippen LogP contribution in [0, 0.1) is 34.0 Å². The zero-order valence-corrected chi connectivity index (χ0v) is 10.3. The van der Waals surface area contributed by atoms with Gasteiger partial charge in [-0.25, -0.2) is 0 Å². The molecule has 0 aliphatic heterocycles. The fourth-order valence-corrected chi connectivity index (χ4v) is 5.95. The van der Waals surface area contributed by atoms with Crippen LogP contribution in [0.25, 0.3) is 0 Å². The van der Waals surface area contributed by atoms with Gasteiger partial charge in [-0.05, 0) is 13.8 Å². The third-order valence-electron chi connectivity index (χ3n) is 6.07. The van der Waals surface area contributed by atoms with Gasteiger partial charge in [-0.2, -0.15) is 0 Å². The lowest BCUT2D eigenvalue weighted by Gasteiger charge is -2.34. The molecule has 0 radical (unpaired) electrons. The Morgan fingerprint density at radius 1 is 0.947 bits per heavy atom. The fourth-order valence-electron chi connectivity index (χ4n) is 5.95. The summed E-state index contributed by atoms with van der Waals surface area (Å²) in [6.07, 6.45) is 0. The van der Waals surface area contributed by atoms with Gasteiger partial charge in [0, 0.05) is 17.8 Å². The second-order valence-electron chi connectivity index (χ2n) is 6.31. The number of carbonyl (C=O) groups is 3. The van der Waals surface area contributed by atoms with E-state index in [0.717, 1.165) is 11.1 Å². The number of hydrogen-bond donors (Lipinski definition) is 3. The predicted molar refractivity (Wildman–Crippen MR) is 59.1 cm³/mol. The van der Waals surface area contributed by atoms with E-state index in [0.29, 0.717) is 0 Å². The third-order valence-corrected chi connectivity index (χ3v) is 6.07. The third kappa shape index (κ3) is 0.558. The van der Waals surface area contributed by atoms with E-state index in [2.05, 4.69) is 0 Å². The Balaban J connectivity index is 2.03. The molecule has 5 rings (SSSR count). The van der Waals surface area contributed by atoms with E-state index in [4.69, 9.17) is 0 Å². The molecule has 6 unspecified atom stereocenters. The molecular formula is C13H12O6. The van der Waals surface area contributed by atoms with Crippen molar-refractivity contribution in [3.63, 3.8) is 0 Å². The molecule has 3 N–H and O–H groups in total. The average Bonchev–Trinajstić information content (AvgIpc) is 2.92. The lowest BCUT2D eigenvalue weighted by Crippen LogP contribution is -2.51. The first-order valence-corrected chi connectivity index (χ1v) is 6.14. The largest absolute Gasteiger partial charge is 0.481 e. The Morgan fingerprint density at radius 2 is 1.47 bits per heavy atom. The van der Waals surface area contributed by atoms with Gasteiger partial charge in [0.1, 0.15) is 5.41 Å². The Kier molecular flexibility index (Phi) is 1.33. The SMILES string of the molecule is CC(C)=C1C2C3C2(C(=O)O)C2(C(=O)O)C1C32C(=O)O. The Morgan fingerprint density at radius 3 is 1.84 bits per heavy atom. The molecule has 0 aromatic rings. The average molecular weight is 264 g/mol. The summed E-state index contributed by atoms with van der Waals surface area (Å²) in [6.45, 7) is 3.59. The molecule has 19 heavy (non-hydrogen) atoms. The first-order chi connectivity index (χ1) is 8.76. The molecule has 0 amide bonds. The van der Waals surface area contributed by atoms with E-state index < -0.39 is 46.0 Å². The van der Waals surface area contributed by atoms with Crippen molar-refractivity contribution < 1.29 is 29.7 Å². The minimum absolute atomic E-state index is 0.382. The molecular weight excluding hydrogens is 252 g/mol. The summed E-state index contributed by atoms with van der Waals surface area (Å²) in [5.74, 6) is -5.10. The van der Waals surface area contributed by atoms with Crippen LogP contribution in [-0.2, 0) is 14.4 Å². The van der Waals surface area contributed by atoms with E-state index in [1.807, 2.05) is 0 Å². The van der Waals surface area contributed by atoms with Crippen molar-refractivity contribution in [3.8, 4) is 0 Å². The molecule has 0 heterocycles. The van der Waals surface area contributed by atoms with Crippen molar-refractivity contribution >= 4 is 17.9 Å². The predicted octanol–water partition coefficient (Wildman–Crippen LogP) is 0.439. The van der Waals surface area contributed by atoms with Gasteiger partial charge in [0.05, 0.1) is 10.8 Å². The van der Waals surface area contributed by atoms with Crippen LogP contribution < -0.4 is 0 Å². The van der Waals surface area contributed by atoms with Crippen molar-refractivity contribution in [3.05, 3.63) is 11.1 Å². The van der Waals surface area contributed by atoms with Crippen LogP contribution in [0.3, 0.4) is 0 Å². The molecule has 5 aliphatic carbocycles. The summed E-state index contributed by atoms with van der Waals surface area (Å²) in [7, 11) is 0. The standard InChI is InChI=1S/C13H12O6/c1-3(2)4-5-7-11(5,8(14)15)13(10(18)19)6(4)12(7,13)9(16)17/h5-7H,1-2H3,(H,14,15)(H,16,17)(H,18,19). The summed E-state index contributed by atoms with van der Waals surface area (Å²) in [4.78, 5) is 34.8. The second-order valence-corrected chi connectivity index (χ2v) is 6.31. The summed E-state index contributed by atoms with van der Waals surface area (Å²) < 4.78 is 0. The van der Waals surface area contributed by atoms with Crippen LogP contribution in [0.15, 0.2) is 11.1 Å². The molecule has 0 spiro atoms. The summed E-state index contributed by atoms with van der Waals surface area (Å²) in [6, 6.07) is 0. The lowest BCUT2D eigenvalue weighted by atomic mass is 9.64. The molecule has 5 saturated carbocycles. The summed E-state index contributed by atoms with van der Waals surface area (Å²) in [5.41, 5.74) is -2.66. The van der Waals surface area contributed by atoms with Gasteiger partial charge < -0.3 is 15.3 Å². The van der Waals surface area contributed by atoms with Crippen molar-refractivity contribution in [1.82, 2.24) is 0 Å². The number of carboxylic acid groups (broad SMARTS) is 3. The van der Waals surface area contributed by atoms with E-state index in [9.17, 15) is 29.7 Å². The number of aliphatic carboxylic acids is 3. The topological polar surface area (TPSA) is 112 Å². The van der Waals surface area contributed by atoms with Gasteiger partial charge in [0.25, 0.3) is 0 Å². The van der Waals surface area contributed by atoms with Gasteiger partial charge in [0.15, 0.2) is 0 Å². The molecule has 6 atom stereocenters. The Bertz CT molecular complexity index is 620. The molecule has 6 nitrogen and oxygen atoms in total. The van der Waals surface area contributed by atoms with E-state index in [1.165, 1.54) is 0 Å². The van der Waals surface area contributed by atoms with Crippen LogP contribution in [0.5, 0.6) is 0 Å². The molecule has 6 heteroatoms. The van der Waals surface area contributed by atoms with Crippen molar-refractivity contribution in [2.24, 2.45) is 34.0 Å². The normalized spacial score (nSPS) is 54.0. The number of allylic oxidation sites excluding steroid dienone is 2. The van der Waals surface area contributed by atoms with Crippen LogP contribution >= 0.6 is 0 Å². The highest BCUT2D eigenvalue weighted by Gasteiger charge is 3.20. The van der Waals surface area contributed by atoms with Gasteiger partial charge in [-0.1, -0.05) is 11.1 Å². The molecule has 0 aromatic heterocycles. The van der Waals surface area contributed by atoms with Gasteiger partial charge in [-0.15, -0.1) is 0 Å². The van der Waals surface area contributed by atoms with Crippen LogP contribution in [0.2, 0.25) is 0 Å². The number of carboxylic acids is 3. The number of rotatable bonds is 3. The van der Waals surface area contributed by atoms with Crippen LogP contribution in [0.1, 0.15) is 13.8 Å². The highest BCUT2D eigenvalue weighted by Crippen LogP contribution is 3.11. The smallest absolute Gasteiger partial charge is 0.312 e. The lowest BCUT2D eigenvalue weighted by molar-refractivity contribution is -0.176. The van der Waals surface area contributed by atoms with E-state index in [1.54, 1.807) is 13.8 Å². The van der Waals surface area contributed by atoms with Crippen molar-refractivity contribution in [1.29, 1.82) is 0 Å². The maximum absolute atomic E-state index is 11.7. The van der Waals surface area contributed by atoms with Crippen LogP contribution in [0.4, 0.5) is 0 Å². The zero-order chi connectivity index (χ0) is 14.1. The highest BCUT2D eigenvalue weighted by molar-refractivity contribution is 6.12. The highest BCUT2D eigenvalue weighted by atomic mass is 16.4. The van der Waals surface area contributed by atoms with Gasteiger partial charge in [-0.3, -0.25) is 14.4 Å². The van der Waals surface area contributed by atoms with E-state index in [-0.39, 0.29) is 5.92 Å². The first kappa shape index (κ1) is 11.0. The first-order valence-electron chi connectivity index (χ1n) is 6.14. The quantitative estimate of drug-likeness (QED) is 0.637. The zero-order valence-electron chi connectivity index (χ0n) is 10.3.